The maximum atomic E-state index is 13.2. The maximum Gasteiger partial charge on any atom is 0.202 e. The molecule has 14 nitrogen and oxygen atoms in total. The first-order valence-electron chi connectivity index (χ1n) is 13.7. The second-order valence-corrected chi connectivity index (χ2v) is 10.8. The number of benzene rings is 4. The first kappa shape index (κ1) is 30.2. The van der Waals surface area contributed by atoms with Gasteiger partial charge in [-0.15, -0.1) is 0 Å². The molecule has 4 aromatic carbocycles. The van der Waals surface area contributed by atoms with Gasteiger partial charge in [0.25, 0.3) is 0 Å². The highest BCUT2D eigenvalue weighted by atomic mass is 16.5. The molecule has 0 saturated heterocycles. The van der Waals surface area contributed by atoms with E-state index in [0.29, 0.717) is 0 Å². The molecule has 0 unspecified atom stereocenters. The predicted octanol–water partition coefficient (Wildman–Crippen LogP) is 2.87. The number of ketones is 2. The van der Waals surface area contributed by atoms with Crippen LogP contribution in [0.4, 0.5) is 0 Å². The second kappa shape index (κ2) is 10.9. The lowest BCUT2D eigenvalue weighted by Gasteiger charge is -2.32. The van der Waals surface area contributed by atoms with Crippen molar-refractivity contribution < 1.29 is 69.8 Å². The molecule has 0 spiro atoms. The van der Waals surface area contributed by atoms with Crippen LogP contribution >= 0.6 is 0 Å². The number of carbonyl (C=O) groups is 2. The summed E-state index contributed by atoms with van der Waals surface area (Å²) in [7, 11) is 0. The Bertz CT molecular complexity index is 1930. The number of Topliss-reactive ketones (excluding diaryl/α,β-unsaturated/α-hetero) is 2. The van der Waals surface area contributed by atoms with E-state index in [9.17, 15) is 55.5 Å². The molecule has 4 aromatic rings. The highest BCUT2D eigenvalue weighted by Gasteiger charge is 2.42. The molecule has 0 aromatic heterocycles. The highest BCUT2D eigenvalue weighted by Crippen LogP contribution is 2.49. The van der Waals surface area contributed by atoms with Crippen molar-refractivity contribution in [2.24, 2.45) is 0 Å². The average Bonchev–Trinajstić information content (AvgIpc) is 3.00. The van der Waals surface area contributed by atoms with Gasteiger partial charge < -0.3 is 60.2 Å². The van der Waals surface area contributed by atoms with E-state index in [1.807, 2.05) is 0 Å². The molecule has 0 saturated carbocycles. The van der Waals surface area contributed by atoms with Crippen molar-refractivity contribution in [3.8, 4) is 57.5 Å². The van der Waals surface area contributed by atoms with Crippen molar-refractivity contribution >= 4 is 11.6 Å². The molecule has 0 aliphatic carbocycles. The lowest BCUT2D eigenvalue weighted by Crippen LogP contribution is -2.37. The number of aliphatic hydroxyl groups excluding tert-OH is 2. The summed E-state index contributed by atoms with van der Waals surface area (Å²) in [5.74, 6) is -6.20. The van der Waals surface area contributed by atoms with Gasteiger partial charge in [0.15, 0.2) is 47.4 Å². The van der Waals surface area contributed by atoms with Crippen molar-refractivity contribution in [2.45, 2.75) is 37.9 Å². The van der Waals surface area contributed by atoms with E-state index in [-0.39, 0.29) is 45.1 Å². The largest absolute Gasteiger partial charge is 0.507 e. The van der Waals surface area contributed by atoms with Crippen molar-refractivity contribution in [3.63, 3.8) is 0 Å². The summed E-state index contributed by atoms with van der Waals surface area (Å²) in [5.41, 5.74) is -0.512. The molecule has 0 radical (unpaired) electrons. The first-order chi connectivity index (χ1) is 21.8. The summed E-state index contributed by atoms with van der Waals surface area (Å²) < 4.78 is 17.7. The first-order valence-corrected chi connectivity index (χ1v) is 13.7. The molecular formula is C32H26O14. The second-order valence-electron chi connectivity index (χ2n) is 10.8. The molecule has 6 rings (SSSR count). The number of phenols is 7. The highest BCUT2D eigenvalue weighted by molar-refractivity contribution is 6.07. The molecule has 4 atom stereocenters. The summed E-state index contributed by atoms with van der Waals surface area (Å²) in [6, 6.07) is 9.02. The Morgan fingerprint density at radius 2 is 1.09 bits per heavy atom. The smallest absolute Gasteiger partial charge is 0.202 e. The van der Waals surface area contributed by atoms with Crippen LogP contribution in [-0.2, 0) is 6.61 Å². The minimum Gasteiger partial charge on any atom is -0.507 e. The monoisotopic (exact) mass is 634 g/mol. The van der Waals surface area contributed by atoms with E-state index in [2.05, 4.69) is 0 Å². The predicted molar refractivity (Wildman–Crippen MR) is 154 cm³/mol. The zero-order chi connectivity index (χ0) is 33.2. The lowest BCUT2D eigenvalue weighted by atomic mass is 9.90. The van der Waals surface area contributed by atoms with Crippen molar-refractivity contribution in [1.29, 1.82) is 0 Å². The fourth-order valence-electron chi connectivity index (χ4n) is 5.47. The van der Waals surface area contributed by atoms with E-state index < -0.39 is 88.4 Å². The van der Waals surface area contributed by atoms with E-state index >= 15 is 0 Å². The van der Waals surface area contributed by atoms with Crippen LogP contribution in [0.3, 0.4) is 0 Å². The van der Waals surface area contributed by atoms with Crippen LogP contribution in [0.2, 0.25) is 0 Å². The molecule has 0 bridgehead atoms. The third-order valence-electron chi connectivity index (χ3n) is 7.92. The molecule has 0 amide bonds. The van der Waals surface area contributed by atoms with Crippen LogP contribution in [0, 0.1) is 6.92 Å². The van der Waals surface area contributed by atoms with Crippen LogP contribution in [0.5, 0.6) is 57.5 Å². The van der Waals surface area contributed by atoms with Crippen LogP contribution < -0.4 is 14.2 Å². The van der Waals surface area contributed by atoms with Gasteiger partial charge in [-0.3, -0.25) is 9.59 Å². The molecule has 0 fully saturated rings. The summed E-state index contributed by atoms with van der Waals surface area (Å²) in [5, 5.41) is 92.5. The number of fused-ring (bicyclic) bond motifs is 2. The topological polar surface area (TPSA) is 244 Å². The summed E-state index contributed by atoms with van der Waals surface area (Å²) in [4.78, 5) is 26.3. The quantitative estimate of drug-likeness (QED) is 0.143. The molecule has 2 aliphatic heterocycles. The number of carbonyl (C=O) groups excluding carboxylic acids is 2. The molecular weight excluding hydrogens is 608 g/mol. The van der Waals surface area contributed by atoms with Gasteiger partial charge >= 0.3 is 0 Å². The molecule has 9 N–H and O–H groups in total. The van der Waals surface area contributed by atoms with Gasteiger partial charge in [-0.25, -0.2) is 0 Å². The summed E-state index contributed by atoms with van der Waals surface area (Å²) in [6.45, 7) is 0.941. The Balaban J connectivity index is 1.36. The van der Waals surface area contributed by atoms with Gasteiger partial charge in [-0.2, -0.15) is 0 Å². The van der Waals surface area contributed by atoms with Gasteiger partial charge in [-0.1, -0.05) is 12.1 Å². The zero-order valence-electron chi connectivity index (χ0n) is 23.7. The van der Waals surface area contributed by atoms with E-state index in [4.69, 9.17) is 14.2 Å². The maximum absolute atomic E-state index is 13.2. The standard InChI is InChI=1S/C32H26O14/c1-11-22(9-21(39)23-25(40)27(42)30(45-29(11)23)12-2-4-15(33)18(36)6-12)44-10-14-17(35)8-20(38)24-26(41)28(43)31(46-32(14)24)13-3-5-16(34)19(37)7-13/h2-9,27-28,30-31,33-39,42-43H,10H2,1H3/t27-,28-,30+,31+/m0/s1. The fraction of sp³-hybridized carbons (Fsp3) is 0.188. The number of rotatable bonds is 5. The fourth-order valence-corrected chi connectivity index (χ4v) is 5.47. The Morgan fingerprint density at radius 1 is 0.609 bits per heavy atom. The number of ether oxygens (including phenoxy) is 3. The summed E-state index contributed by atoms with van der Waals surface area (Å²) in [6.07, 6.45) is -6.38. The van der Waals surface area contributed by atoms with Gasteiger partial charge in [0, 0.05) is 17.7 Å². The van der Waals surface area contributed by atoms with E-state index in [1.54, 1.807) is 0 Å². The molecule has 2 heterocycles. The number of aromatic hydroxyl groups is 7. The third-order valence-corrected chi connectivity index (χ3v) is 7.92. The van der Waals surface area contributed by atoms with Gasteiger partial charge in [0.05, 0.1) is 5.56 Å². The minimum atomic E-state index is -1.84. The third kappa shape index (κ3) is 4.76. The van der Waals surface area contributed by atoms with Crippen LogP contribution in [0.15, 0.2) is 48.5 Å². The van der Waals surface area contributed by atoms with E-state index in [1.165, 1.54) is 19.1 Å². The number of phenolic OH excluding ortho intramolecular Hbond substituents is 7. The summed E-state index contributed by atoms with van der Waals surface area (Å²) >= 11 is 0. The average molecular weight is 635 g/mol. The van der Waals surface area contributed by atoms with Gasteiger partial charge in [0.2, 0.25) is 11.6 Å². The van der Waals surface area contributed by atoms with Crippen molar-refractivity contribution in [1.82, 2.24) is 0 Å². The Morgan fingerprint density at radius 3 is 1.61 bits per heavy atom. The zero-order valence-corrected chi connectivity index (χ0v) is 23.7. The van der Waals surface area contributed by atoms with Gasteiger partial charge in [-0.05, 0) is 42.3 Å². The van der Waals surface area contributed by atoms with Gasteiger partial charge in [0.1, 0.15) is 52.2 Å². The minimum absolute atomic E-state index is 0.0591. The molecule has 14 heteroatoms. The Kier molecular flexibility index (Phi) is 7.18. The molecule has 238 valence electrons. The Hall–Kier alpha value is -5.86. The number of hydrogen-bond acceptors (Lipinski definition) is 14. The normalized spacial score (nSPS) is 20.3. The van der Waals surface area contributed by atoms with Crippen LogP contribution in [-0.4, -0.2) is 69.7 Å². The van der Waals surface area contributed by atoms with Crippen LogP contribution in [0.25, 0.3) is 0 Å². The molecule has 46 heavy (non-hydrogen) atoms. The van der Waals surface area contributed by atoms with Crippen LogP contribution in [0.1, 0.15) is 55.2 Å². The van der Waals surface area contributed by atoms with Crippen molar-refractivity contribution in [3.05, 3.63) is 81.9 Å². The number of hydrogen-bond donors (Lipinski definition) is 9. The van der Waals surface area contributed by atoms with E-state index in [0.717, 1.165) is 36.4 Å². The Labute approximate surface area is 258 Å². The SMILES string of the molecule is Cc1c(OCc2c(O)cc(O)c3c2O[C@H](c2ccc(O)c(O)c2)[C@@H](O)C3=O)cc(O)c2c1O[C@H](c1ccc(O)c(O)c1)[C@@H](O)C2=O. The lowest BCUT2D eigenvalue weighted by molar-refractivity contribution is 0.0200. The number of aliphatic hydroxyl groups is 2. The van der Waals surface area contributed by atoms with Crippen molar-refractivity contribution in [2.75, 3.05) is 0 Å². The molecule has 2 aliphatic rings.